The molecule has 1 fully saturated rings. The second-order valence-electron chi connectivity index (χ2n) is 7.86. The van der Waals surface area contributed by atoms with Gasteiger partial charge in [-0.1, -0.05) is 43.4 Å². The molecular formula is C23H29N3O3. The number of pyridine rings is 1. The molecule has 0 bridgehead atoms. The molecule has 1 aliphatic carbocycles. The number of hydrogen-bond donors (Lipinski definition) is 2. The fourth-order valence-corrected chi connectivity index (χ4v) is 3.70. The van der Waals surface area contributed by atoms with Gasteiger partial charge >= 0.3 is 0 Å². The number of aromatic nitrogens is 1. The predicted molar refractivity (Wildman–Crippen MR) is 114 cm³/mol. The number of aryl methyl sites for hydroxylation is 2. The van der Waals surface area contributed by atoms with Crippen molar-refractivity contribution >= 4 is 17.5 Å². The van der Waals surface area contributed by atoms with Crippen LogP contribution in [0.1, 0.15) is 60.1 Å². The Kier molecular flexibility index (Phi) is 6.86. The van der Waals surface area contributed by atoms with Gasteiger partial charge in [-0.2, -0.15) is 0 Å². The van der Waals surface area contributed by atoms with E-state index in [4.69, 9.17) is 0 Å². The van der Waals surface area contributed by atoms with E-state index in [9.17, 15) is 14.4 Å². The lowest BCUT2D eigenvalue weighted by Gasteiger charge is -2.18. The Hall–Kier alpha value is -2.89. The molecule has 154 valence electrons. The summed E-state index contributed by atoms with van der Waals surface area (Å²) in [4.78, 5) is 37.8. The van der Waals surface area contributed by atoms with Crippen molar-refractivity contribution in [1.29, 1.82) is 0 Å². The standard InChI is InChI=1S/C23H29N3O3/c1-16-9-12-18(13-10-16)22(28)25-20-14-11-17(2)26(23(20)29)15-21(27)24-19-7-5-3-4-6-8-19/h9-14,19H,3-8,15H2,1-2H3,(H,24,27)(H,25,28). The molecule has 1 aliphatic rings. The zero-order valence-corrected chi connectivity index (χ0v) is 17.2. The molecule has 0 atom stereocenters. The van der Waals surface area contributed by atoms with Gasteiger partial charge in [0.05, 0.1) is 0 Å². The zero-order valence-electron chi connectivity index (χ0n) is 17.2. The van der Waals surface area contributed by atoms with Crippen LogP contribution in [-0.2, 0) is 11.3 Å². The molecule has 0 unspecified atom stereocenters. The molecule has 0 radical (unpaired) electrons. The summed E-state index contributed by atoms with van der Waals surface area (Å²) in [6, 6.07) is 10.6. The molecule has 2 N–H and O–H groups in total. The molecule has 6 heteroatoms. The summed E-state index contributed by atoms with van der Waals surface area (Å²) in [6.45, 7) is 3.68. The van der Waals surface area contributed by atoms with Gasteiger partial charge in [0.2, 0.25) is 5.91 Å². The second kappa shape index (κ2) is 9.54. The monoisotopic (exact) mass is 395 g/mol. The highest BCUT2D eigenvalue weighted by Crippen LogP contribution is 2.17. The van der Waals surface area contributed by atoms with Gasteiger partial charge in [-0.15, -0.1) is 0 Å². The fourth-order valence-electron chi connectivity index (χ4n) is 3.70. The lowest BCUT2D eigenvalue weighted by atomic mass is 10.1. The number of benzene rings is 1. The minimum Gasteiger partial charge on any atom is -0.352 e. The summed E-state index contributed by atoms with van der Waals surface area (Å²) in [5, 5.41) is 5.74. The maximum absolute atomic E-state index is 12.9. The maximum Gasteiger partial charge on any atom is 0.274 e. The zero-order chi connectivity index (χ0) is 20.8. The van der Waals surface area contributed by atoms with Gasteiger partial charge < -0.3 is 15.2 Å². The molecule has 6 nitrogen and oxygen atoms in total. The van der Waals surface area contributed by atoms with Gasteiger partial charge in [-0.25, -0.2) is 0 Å². The van der Waals surface area contributed by atoms with E-state index >= 15 is 0 Å². The van der Waals surface area contributed by atoms with Gasteiger partial charge in [-0.3, -0.25) is 14.4 Å². The molecule has 1 saturated carbocycles. The Morgan fingerprint density at radius 3 is 2.28 bits per heavy atom. The number of nitrogens with one attached hydrogen (secondary N) is 2. The van der Waals surface area contributed by atoms with Crippen LogP contribution in [0.2, 0.25) is 0 Å². The summed E-state index contributed by atoms with van der Waals surface area (Å²) in [7, 11) is 0. The third-order valence-electron chi connectivity index (χ3n) is 5.48. The molecule has 3 rings (SSSR count). The van der Waals surface area contributed by atoms with Crippen LogP contribution in [0.4, 0.5) is 5.69 Å². The average Bonchev–Trinajstić information content (AvgIpc) is 2.96. The first-order valence-electron chi connectivity index (χ1n) is 10.3. The van der Waals surface area contributed by atoms with Crippen LogP contribution in [0.25, 0.3) is 0 Å². The average molecular weight is 396 g/mol. The van der Waals surface area contributed by atoms with Crippen LogP contribution in [0.5, 0.6) is 0 Å². The van der Waals surface area contributed by atoms with Gasteiger partial charge in [0, 0.05) is 17.3 Å². The first kappa shape index (κ1) is 20.8. The Bertz CT molecular complexity index is 923. The minimum absolute atomic E-state index is 0.0462. The number of hydrogen-bond acceptors (Lipinski definition) is 3. The molecule has 0 spiro atoms. The largest absolute Gasteiger partial charge is 0.352 e. The SMILES string of the molecule is Cc1ccc(C(=O)Nc2ccc(C)n(CC(=O)NC3CCCCCC3)c2=O)cc1. The van der Waals surface area contributed by atoms with E-state index in [2.05, 4.69) is 10.6 Å². The van der Waals surface area contributed by atoms with Crippen molar-refractivity contribution in [2.75, 3.05) is 5.32 Å². The van der Waals surface area contributed by atoms with Crippen LogP contribution < -0.4 is 16.2 Å². The van der Waals surface area contributed by atoms with E-state index in [-0.39, 0.29) is 35.6 Å². The van der Waals surface area contributed by atoms with Crippen LogP contribution >= 0.6 is 0 Å². The van der Waals surface area contributed by atoms with E-state index < -0.39 is 0 Å². The summed E-state index contributed by atoms with van der Waals surface area (Å²) >= 11 is 0. The molecule has 2 aromatic rings. The number of amides is 2. The van der Waals surface area contributed by atoms with Crippen LogP contribution in [0.3, 0.4) is 0 Å². The fraction of sp³-hybridized carbons (Fsp3) is 0.435. The molecule has 29 heavy (non-hydrogen) atoms. The predicted octanol–water partition coefficient (Wildman–Crippen LogP) is 3.56. The van der Waals surface area contributed by atoms with Crippen molar-refractivity contribution in [3.05, 3.63) is 63.6 Å². The third kappa shape index (κ3) is 5.56. The lowest BCUT2D eigenvalue weighted by Crippen LogP contribution is -2.39. The minimum atomic E-state index is -0.374. The molecule has 1 aromatic carbocycles. The number of nitrogens with zero attached hydrogens (tertiary/aromatic N) is 1. The van der Waals surface area contributed by atoms with Gasteiger partial charge in [0.25, 0.3) is 11.5 Å². The van der Waals surface area contributed by atoms with Crippen molar-refractivity contribution in [2.24, 2.45) is 0 Å². The Labute approximate surface area is 171 Å². The van der Waals surface area contributed by atoms with Crippen molar-refractivity contribution in [1.82, 2.24) is 9.88 Å². The maximum atomic E-state index is 12.9. The Balaban J connectivity index is 1.71. The lowest BCUT2D eigenvalue weighted by molar-refractivity contribution is -0.122. The number of rotatable bonds is 5. The quantitative estimate of drug-likeness (QED) is 0.760. The molecule has 1 heterocycles. The van der Waals surface area contributed by atoms with E-state index in [1.165, 1.54) is 17.4 Å². The van der Waals surface area contributed by atoms with Gasteiger partial charge in [0.1, 0.15) is 12.2 Å². The first-order chi connectivity index (χ1) is 13.9. The van der Waals surface area contributed by atoms with E-state index in [1.807, 2.05) is 19.1 Å². The number of carbonyl (C=O) groups is 2. The summed E-state index contributed by atoms with van der Waals surface area (Å²) in [5.74, 6) is -0.510. The summed E-state index contributed by atoms with van der Waals surface area (Å²) in [5.41, 5.74) is 2.01. The first-order valence-corrected chi connectivity index (χ1v) is 10.3. The second-order valence-corrected chi connectivity index (χ2v) is 7.86. The van der Waals surface area contributed by atoms with Crippen molar-refractivity contribution in [3.63, 3.8) is 0 Å². The topological polar surface area (TPSA) is 80.2 Å². The van der Waals surface area contributed by atoms with E-state index in [0.29, 0.717) is 11.3 Å². The smallest absolute Gasteiger partial charge is 0.274 e. The van der Waals surface area contributed by atoms with Crippen LogP contribution in [0.15, 0.2) is 41.2 Å². The van der Waals surface area contributed by atoms with Crippen LogP contribution in [0, 0.1) is 13.8 Å². The van der Waals surface area contributed by atoms with Gasteiger partial charge in [-0.05, 0) is 51.0 Å². The Morgan fingerprint density at radius 2 is 1.62 bits per heavy atom. The van der Waals surface area contributed by atoms with E-state index in [1.54, 1.807) is 31.2 Å². The third-order valence-corrected chi connectivity index (χ3v) is 5.48. The Morgan fingerprint density at radius 1 is 0.966 bits per heavy atom. The number of carbonyl (C=O) groups excluding carboxylic acids is 2. The molecule has 0 aliphatic heterocycles. The molecular weight excluding hydrogens is 366 g/mol. The highest BCUT2D eigenvalue weighted by molar-refractivity contribution is 6.04. The molecule has 2 amide bonds. The molecule has 1 aromatic heterocycles. The van der Waals surface area contributed by atoms with Crippen LogP contribution in [-0.4, -0.2) is 22.4 Å². The highest BCUT2D eigenvalue weighted by atomic mass is 16.2. The van der Waals surface area contributed by atoms with Crippen molar-refractivity contribution in [2.45, 2.75) is 65.0 Å². The highest BCUT2D eigenvalue weighted by Gasteiger charge is 2.17. The summed E-state index contributed by atoms with van der Waals surface area (Å²) < 4.78 is 1.41. The van der Waals surface area contributed by atoms with Gasteiger partial charge in [0.15, 0.2) is 0 Å². The van der Waals surface area contributed by atoms with Crippen molar-refractivity contribution in [3.8, 4) is 0 Å². The molecule has 0 saturated heterocycles. The number of anilines is 1. The van der Waals surface area contributed by atoms with Crippen molar-refractivity contribution < 1.29 is 9.59 Å². The summed E-state index contributed by atoms with van der Waals surface area (Å²) in [6.07, 6.45) is 6.68. The van der Waals surface area contributed by atoms with E-state index in [0.717, 1.165) is 31.2 Å². The normalized spacial score (nSPS) is 14.8.